The number of nitro benzene ring substituents is 1. The molecule has 0 N–H and O–H groups in total. The minimum absolute atomic E-state index is 0.0596. The van der Waals surface area contributed by atoms with Gasteiger partial charge in [0.25, 0.3) is 11.6 Å². The van der Waals surface area contributed by atoms with Gasteiger partial charge in [-0.1, -0.05) is 34.1 Å². The second-order valence-corrected chi connectivity index (χ2v) is 6.83. The summed E-state index contributed by atoms with van der Waals surface area (Å²) in [5.74, 6) is -0.208. The van der Waals surface area contributed by atoms with Gasteiger partial charge in [0.2, 0.25) is 0 Å². The lowest BCUT2D eigenvalue weighted by Crippen LogP contribution is -2.27. The largest absolute Gasteiger partial charge is 0.308 e. The van der Waals surface area contributed by atoms with Gasteiger partial charge >= 0.3 is 0 Å². The fourth-order valence-electron chi connectivity index (χ4n) is 3.12. The SMILES string of the molecule is N#C/C(=C1\C(=O)N(CCCCBr)c2ccccc21)c1ccc([N+](=O)[O-])cc1. The second-order valence-electron chi connectivity index (χ2n) is 6.04. The van der Waals surface area contributed by atoms with Gasteiger partial charge in [-0.2, -0.15) is 5.26 Å². The molecule has 2 aromatic carbocycles. The first-order valence-corrected chi connectivity index (χ1v) is 9.57. The van der Waals surface area contributed by atoms with Crippen LogP contribution in [0.25, 0.3) is 11.1 Å². The van der Waals surface area contributed by atoms with E-state index in [9.17, 15) is 20.2 Å². The Morgan fingerprint density at radius 1 is 1.15 bits per heavy atom. The third-order valence-corrected chi connectivity index (χ3v) is 4.98. The molecule has 6 nitrogen and oxygen atoms in total. The minimum atomic E-state index is -0.495. The number of anilines is 1. The van der Waals surface area contributed by atoms with Crippen molar-refractivity contribution in [2.75, 3.05) is 16.8 Å². The van der Waals surface area contributed by atoms with Gasteiger partial charge in [0, 0.05) is 29.6 Å². The van der Waals surface area contributed by atoms with E-state index in [1.54, 1.807) is 4.90 Å². The van der Waals surface area contributed by atoms with Crippen molar-refractivity contribution in [3.63, 3.8) is 0 Å². The number of halogens is 1. The Morgan fingerprint density at radius 2 is 1.85 bits per heavy atom. The molecule has 7 heteroatoms. The summed E-state index contributed by atoms with van der Waals surface area (Å²) in [7, 11) is 0. The monoisotopic (exact) mass is 425 g/mol. The number of fused-ring (bicyclic) bond motifs is 1. The number of nitro groups is 1. The fourth-order valence-corrected chi connectivity index (χ4v) is 3.52. The Kier molecular flexibility index (Phi) is 5.67. The van der Waals surface area contributed by atoms with Crippen molar-refractivity contribution in [1.82, 2.24) is 0 Å². The normalized spacial score (nSPS) is 14.7. The number of unbranched alkanes of at least 4 members (excludes halogenated alkanes) is 1. The Bertz CT molecular complexity index is 961. The Labute approximate surface area is 165 Å². The zero-order chi connectivity index (χ0) is 19.4. The first-order valence-electron chi connectivity index (χ1n) is 8.45. The maximum atomic E-state index is 13.1. The summed E-state index contributed by atoms with van der Waals surface area (Å²) >= 11 is 3.39. The van der Waals surface area contributed by atoms with Crippen molar-refractivity contribution in [2.45, 2.75) is 12.8 Å². The van der Waals surface area contributed by atoms with Gasteiger partial charge in [0.05, 0.1) is 21.8 Å². The zero-order valence-electron chi connectivity index (χ0n) is 14.4. The van der Waals surface area contributed by atoms with E-state index in [0.717, 1.165) is 29.4 Å². The maximum absolute atomic E-state index is 13.1. The molecule has 3 rings (SSSR count). The van der Waals surface area contributed by atoms with E-state index < -0.39 is 4.92 Å². The number of benzene rings is 2. The fraction of sp³-hybridized carbons (Fsp3) is 0.200. The summed E-state index contributed by atoms with van der Waals surface area (Å²) in [6.45, 7) is 0.573. The van der Waals surface area contributed by atoms with Crippen LogP contribution >= 0.6 is 15.9 Å². The van der Waals surface area contributed by atoms with Crippen LogP contribution in [0.1, 0.15) is 24.0 Å². The first kappa shape index (κ1) is 18.8. The molecule has 27 heavy (non-hydrogen) atoms. The van der Waals surface area contributed by atoms with E-state index in [1.165, 1.54) is 24.3 Å². The van der Waals surface area contributed by atoms with Crippen LogP contribution in [0, 0.1) is 21.4 Å². The van der Waals surface area contributed by atoms with Crippen LogP contribution in [0.5, 0.6) is 0 Å². The molecule has 0 saturated heterocycles. The van der Waals surface area contributed by atoms with Crippen molar-refractivity contribution in [3.05, 3.63) is 69.8 Å². The standard InChI is InChI=1S/C20H16BrN3O3/c21-11-3-4-12-23-18-6-2-1-5-16(18)19(20(23)25)17(13-22)14-7-9-15(10-8-14)24(26)27/h1-2,5-10H,3-4,11-12H2/b19-17+. The molecule has 0 radical (unpaired) electrons. The second kappa shape index (κ2) is 8.14. The molecule has 0 spiro atoms. The smallest absolute Gasteiger partial charge is 0.269 e. The van der Waals surface area contributed by atoms with E-state index in [2.05, 4.69) is 22.0 Å². The van der Waals surface area contributed by atoms with Gasteiger partial charge in [-0.3, -0.25) is 14.9 Å². The number of alkyl halides is 1. The topological polar surface area (TPSA) is 87.2 Å². The van der Waals surface area contributed by atoms with Gasteiger partial charge in [0.15, 0.2) is 0 Å². The van der Waals surface area contributed by atoms with E-state index in [-0.39, 0.29) is 17.2 Å². The van der Waals surface area contributed by atoms with Crippen LogP contribution in [-0.4, -0.2) is 22.7 Å². The minimum Gasteiger partial charge on any atom is -0.308 e. The molecule has 2 aromatic rings. The Balaban J connectivity index is 2.08. The summed E-state index contributed by atoms with van der Waals surface area (Å²) < 4.78 is 0. The predicted molar refractivity (Wildman–Crippen MR) is 107 cm³/mol. The van der Waals surface area contributed by atoms with E-state index >= 15 is 0 Å². The van der Waals surface area contributed by atoms with Crippen LogP contribution < -0.4 is 4.90 Å². The van der Waals surface area contributed by atoms with Gasteiger partial charge in [-0.25, -0.2) is 0 Å². The summed E-state index contributed by atoms with van der Waals surface area (Å²) in [6, 6.07) is 15.2. The highest BCUT2D eigenvalue weighted by molar-refractivity contribution is 9.09. The van der Waals surface area contributed by atoms with Crippen LogP contribution in [-0.2, 0) is 4.79 Å². The average molecular weight is 426 g/mol. The van der Waals surface area contributed by atoms with Gasteiger partial charge in [-0.05, 0) is 36.6 Å². The molecular weight excluding hydrogens is 410 g/mol. The summed E-state index contributed by atoms with van der Waals surface area (Å²) in [5, 5.41) is 21.5. The lowest BCUT2D eigenvalue weighted by atomic mass is 9.96. The molecule has 0 fully saturated rings. The summed E-state index contributed by atoms with van der Waals surface area (Å²) in [5.41, 5.74) is 2.52. The molecule has 0 aromatic heterocycles. The van der Waals surface area contributed by atoms with E-state index in [0.29, 0.717) is 17.7 Å². The molecule has 1 heterocycles. The molecule has 136 valence electrons. The third-order valence-electron chi connectivity index (χ3n) is 4.42. The summed E-state index contributed by atoms with van der Waals surface area (Å²) in [4.78, 5) is 25.2. The molecule has 0 saturated carbocycles. The lowest BCUT2D eigenvalue weighted by molar-refractivity contribution is -0.384. The van der Waals surface area contributed by atoms with Crippen molar-refractivity contribution in [2.24, 2.45) is 0 Å². The summed E-state index contributed by atoms with van der Waals surface area (Å²) in [6.07, 6.45) is 1.79. The van der Waals surface area contributed by atoms with E-state index in [4.69, 9.17) is 0 Å². The van der Waals surface area contributed by atoms with E-state index in [1.807, 2.05) is 24.3 Å². The number of rotatable bonds is 6. The Morgan fingerprint density at radius 3 is 2.48 bits per heavy atom. The number of hydrogen-bond acceptors (Lipinski definition) is 4. The van der Waals surface area contributed by atoms with Crippen molar-refractivity contribution < 1.29 is 9.72 Å². The maximum Gasteiger partial charge on any atom is 0.269 e. The molecule has 0 aliphatic carbocycles. The molecule has 1 amide bonds. The number of allylic oxidation sites excluding steroid dienone is 1. The highest BCUT2D eigenvalue weighted by Gasteiger charge is 2.34. The van der Waals surface area contributed by atoms with Crippen LogP contribution in [0.15, 0.2) is 48.5 Å². The third kappa shape index (κ3) is 3.62. The number of hydrogen-bond donors (Lipinski definition) is 0. The number of amides is 1. The molecule has 1 aliphatic rings. The quantitative estimate of drug-likeness (QED) is 0.169. The zero-order valence-corrected chi connectivity index (χ0v) is 16.0. The highest BCUT2D eigenvalue weighted by atomic mass is 79.9. The number of carbonyl (C=O) groups excluding carboxylic acids is 1. The highest BCUT2D eigenvalue weighted by Crippen LogP contribution is 2.40. The van der Waals surface area contributed by atoms with Crippen LogP contribution in [0.3, 0.4) is 0 Å². The number of carbonyl (C=O) groups is 1. The predicted octanol–water partition coefficient (Wildman–Crippen LogP) is 4.55. The van der Waals surface area contributed by atoms with Crippen molar-refractivity contribution in [1.29, 1.82) is 5.26 Å². The lowest BCUT2D eigenvalue weighted by Gasteiger charge is -2.16. The van der Waals surface area contributed by atoms with Crippen LogP contribution in [0.4, 0.5) is 11.4 Å². The van der Waals surface area contributed by atoms with Gasteiger partial charge in [-0.15, -0.1) is 0 Å². The molecule has 0 unspecified atom stereocenters. The molecule has 0 bridgehead atoms. The van der Waals surface area contributed by atoms with Gasteiger partial charge < -0.3 is 4.90 Å². The van der Waals surface area contributed by atoms with Crippen LogP contribution in [0.2, 0.25) is 0 Å². The number of para-hydroxylation sites is 1. The van der Waals surface area contributed by atoms with Gasteiger partial charge in [0.1, 0.15) is 6.07 Å². The average Bonchev–Trinajstić information content (AvgIpc) is 2.96. The molecule has 0 atom stereocenters. The van der Waals surface area contributed by atoms with Crippen molar-refractivity contribution in [3.8, 4) is 6.07 Å². The molecule has 1 aliphatic heterocycles. The number of nitriles is 1. The van der Waals surface area contributed by atoms with Crippen molar-refractivity contribution >= 4 is 44.4 Å². The number of non-ortho nitro benzene ring substituents is 1. The molecular formula is C20H16BrN3O3. The number of nitrogens with zero attached hydrogens (tertiary/aromatic N) is 3. The first-order chi connectivity index (χ1) is 13.1. The Hall–Kier alpha value is -2.98.